The van der Waals surface area contributed by atoms with Crippen LogP contribution in [0.5, 0.6) is 0 Å². The van der Waals surface area contributed by atoms with Crippen LogP contribution < -0.4 is 21.3 Å². The molecule has 53 heavy (non-hydrogen) atoms. The molecule has 2 fully saturated rings. The van der Waals surface area contributed by atoms with E-state index in [4.69, 9.17) is 0 Å². The van der Waals surface area contributed by atoms with Gasteiger partial charge in [0.25, 0.3) is 11.8 Å². The molecule has 0 saturated heterocycles. The maximum atomic E-state index is 13.2. The highest BCUT2D eigenvalue weighted by molar-refractivity contribution is 7.98. The van der Waals surface area contributed by atoms with E-state index in [0.717, 1.165) is 83.7 Å². The fourth-order valence-corrected chi connectivity index (χ4v) is 11.2. The number of thiophene rings is 1. The third-order valence-corrected chi connectivity index (χ3v) is 13.5. The molecule has 0 radical (unpaired) electrons. The molecule has 2 aromatic rings. The second-order valence-corrected chi connectivity index (χ2v) is 16.3. The van der Waals surface area contributed by atoms with Gasteiger partial charge in [-0.3, -0.25) is 19.2 Å². The van der Waals surface area contributed by atoms with Crippen LogP contribution in [-0.4, -0.2) is 88.7 Å². The summed E-state index contributed by atoms with van der Waals surface area (Å²) < 4.78 is 0. The van der Waals surface area contributed by atoms with Gasteiger partial charge in [0, 0.05) is 39.7 Å². The van der Waals surface area contributed by atoms with Crippen molar-refractivity contribution in [3.8, 4) is 0 Å². The van der Waals surface area contributed by atoms with E-state index in [9.17, 15) is 24.3 Å². The Kier molecular flexibility index (Phi) is 11.3. The van der Waals surface area contributed by atoms with Crippen molar-refractivity contribution in [2.75, 3.05) is 26.0 Å². The first-order chi connectivity index (χ1) is 25.8. The molecule has 5 heterocycles. The molecular weight excluding hydrogens is 709 g/mol. The summed E-state index contributed by atoms with van der Waals surface area (Å²) in [5.41, 5.74) is 5.14. The van der Waals surface area contributed by atoms with Gasteiger partial charge in [-0.2, -0.15) is 0 Å². The van der Waals surface area contributed by atoms with Gasteiger partial charge in [0.2, 0.25) is 11.8 Å². The standard InChI is InChI=1S/C22H27N3O2.C18H23N3O3S2/c1-3-14-9-5-6-10-15(14)21-20-17(13-23-22(20)27)24-16-11-7-8-12-18(16)25(21)19(26)4-2;1-25-13-6-7-26-17(13)16-15-11(8-19-18(15)24)20-10-4-2-3-5-12(10)21(16)14(23)9-22/h3,5-6,9-10,16,18,21,24H,1,4,7-8,11-13H2,2H3,(H,23,27);6-7,10,12,16,20,22H,2-5,8-9H2,1H3,(H,19,24)/t16-,18-,21-;10-,12-,16+/m11/s1. The Labute approximate surface area is 319 Å². The van der Waals surface area contributed by atoms with Gasteiger partial charge in [0.05, 0.1) is 42.4 Å². The lowest BCUT2D eigenvalue weighted by molar-refractivity contribution is -0.140. The van der Waals surface area contributed by atoms with Crippen molar-refractivity contribution in [2.45, 2.75) is 106 Å². The molecule has 6 atom stereocenters. The molecule has 0 spiro atoms. The third-order valence-electron chi connectivity index (χ3n) is 11.6. The molecule has 4 aliphatic heterocycles. The fourth-order valence-electron chi connectivity index (χ4n) is 9.27. The van der Waals surface area contributed by atoms with Crippen LogP contribution in [0.2, 0.25) is 0 Å². The van der Waals surface area contributed by atoms with Crippen molar-refractivity contribution in [3.05, 3.63) is 80.8 Å². The van der Waals surface area contributed by atoms with Crippen molar-refractivity contribution >= 4 is 52.8 Å². The largest absolute Gasteiger partial charge is 0.387 e. The highest BCUT2D eigenvalue weighted by Crippen LogP contribution is 2.45. The number of aliphatic hydroxyl groups is 1. The molecule has 13 heteroatoms. The summed E-state index contributed by atoms with van der Waals surface area (Å²) in [6, 6.07) is 9.62. The van der Waals surface area contributed by atoms with Crippen LogP contribution in [0.25, 0.3) is 6.08 Å². The topological polar surface area (TPSA) is 143 Å². The van der Waals surface area contributed by atoms with E-state index in [1.165, 1.54) is 0 Å². The van der Waals surface area contributed by atoms with Crippen molar-refractivity contribution in [3.63, 3.8) is 0 Å². The van der Waals surface area contributed by atoms with E-state index in [2.05, 4.69) is 27.8 Å². The fraction of sp³-hybridized carbons (Fsp3) is 0.500. The number of aliphatic hydroxyl groups excluding tert-OH is 1. The molecule has 1 aromatic heterocycles. The number of nitrogens with zero attached hydrogens (tertiary/aromatic N) is 2. The predicted molar refractivity (Wildman–Crippen MR) is 208 cm³/mol. The zero-order chi connectivity index (χ0) is 37.2. The van der Waals surface area contributed by atoms with Gasteiger partial charge in [-0.05, 0) is 54.5 Å². The smallest absolute Gasteiger partial charge is 0.251 e. The average molecular weight is 759 g/mol. The Morgan fingerprint density at radius 1 is 0.868 bits per heavy atom. The number of thioether (sulfide) groups is 1. The first-order valence-corrected chi connectivity index (χ1v) is 21.0. The molecule has 11 nitrogen and oxygen atoms in total. The minimum absolute atomic E-state index is 0.0105. The SMILES string of the molecule is C=Cc1ccccc1[C@@H]1C2=C(CNC2=O)N[C@@H]2CCCC[C@H]2N1C(=O)CC.CSc1ccsc1[C@@H]1C2=C(CNC2=O)N[C@@H]2CCCC[C@H]2N1C(=O)CO. The second kappa shape index (κ2) is 16.1. The van der Waals surface area contributed by atoms with E-state index in [0.29, 0.717) is 30.7 Å². The Morgan fingerprint density at radius 3 is 2.00 bits per heavy atom. The molecule has 1 aromatic carbocycles. The predicted octanol–water partition coefficient (Wildman–Crippen LogP) is 4.54. The van der Waals surface area contributed by atoms with Crippen LogP contribution in [0, 0.1) is 0 Å². The van der Waals surface area contributed by atoms with Crippen LogP contribution in [0.3, 0.4) is 0 Å². The molecule has 8 rings (SSSR count). The Morgan fingerprint density at radius 2 is 1.43 bits per heavy atom. The lowest BCUT2D eigenvalue weighted by Crippen LogP contribution is -2.54. The summed E-state index contributed by atoms with van der Waals surface area (Å²) in [6.45, 7) is 6.31. The Bertz CT molecular complexity index is 1840. The zero-order valence-electron chi connectivity index (χ0n) is 30.5. The summed E-state index contributed by atoms with van der Waals surface area (Å²) in [7, 11) is 0. The summed E-state index contributed by atoms with van der Waals surface area (Å²) in [6.07, 6.45) is 12.5. The van der Waals surface area contributed by atoms with Crippen molar-refractivity contribution in [1.29, 1.82) is 0 Å². The van der Waals surface area contributed by atoms with Gasteiger partial charge in [0.15, 0.2) is 0 Å². The Hall–Kier alpha value is -4.07. The number of fused-ring (bicyclic) bond motifs is 2. The van der Waals surface area contributed by atoms with Gasteiger partial charge in [-0.25, -0.2) is 0 Å². The molecule has 0 bridgehead atoms. The highest BCUT2D eigenvalue weighted by Gasteiger charge is 2.48. The average Bonchev–Trinajstić information content (AvgIpc) is 3.86. The number of hydrogen-bond donors (Lipinski definition) is 5. The molecule has 282 valence electrons. The van der Waals surface area contributed by atoms with E-state index in [1.807, 2.05) is 59.9 Å². The molecular formula is C40H50N6O5S2. The number of carbonyl (C=O) groups is 4. The van der Waals surface area contributed by atoms with Gasteiger partial charge in [-0.1, -0.05) is 69.5 Å². The van der Waals surface area contributed by atoms with Gasteiger partial charge < -0.3 is 36.2 Å². The number of amides is 4. The third kappa shape index (κ3) is 6.91. The number of hydrogen-bond acceptors (Lipinski definition) is 9. The van der Waals surface area contributed by atoms with Crippen LogP contribution >= 0.6 is 23.1 Å². The van der Waals surface area contributed by atoms with E-state index in [-0.39, 0.29) is 53.8 Å². The number of nitrogens with one attached hydrogen (secondary N) is 4. The van der Waals surface area contributed by atoms with Crippen molar-refractivity contribution in [2.24, 2.45) is 0 Å². The van der Waals surface area contributed by atoms with Gasteiger partial charge in [0.1, 0.15) is 12.6 Å². The maximum absolute atomic E-state index is 13.2. The molecule has 0 unspecified atom stereocenters. The lowest BCUT2D eigenvalue weighted by Gasteiger charge is -2.43. The monoisotopic (exact) mass is 758 g/mol. The van der Waals surface area contributed by atoms with Crippen LogP contribution in [-0.2, 0) is 19.2 Å². The minimum Gasteiger partial charge on any atom is -0.387 e. The van der Waals surface area contributed by atoms with Crippen molar-refractivity contribution in [1.82, 2.24) is 31.1 Å². The molecule has 6 aliphatic rings. The molecule has 4 amide bonds. The number of rotatable bonds is 6. The first-order valence-electron chi connectivity index (χ1n) is 18.9. The van der Waals surface area contributed by atoms with Gasteiger partial charge >= 0.3 is 0 Å². The van der Waals surface area contributed by atoms with E-state index >= 15 is 0 Å². The molecule has 5 N–H and O–H groups in total. The van der Waals surface area contributed by atoms with E-state index < -0.39 is 12.6 Å². The van der Waals surface area contributed by atoms with Crippen LogP contribution in [0.1, 0.15) is 92.8 Å². The summed E-state index contributed by atoms with van der Waals surface area (Å²) in [4.78, 5) is 57.5. The molecule has 2 aliphatic carbocycles. The molecule has 2 saturated carbocycles. The number of carbonyl (C=O) groups excluding carboxylic acids is 4. The summed E-state index contributed by atoms with van der Waals surface area (Å²) in [5.74, 6) is -0.394. The quantitative estimate of drug-likeness (QED) is 0.271. The summed E-state index contributed by atoms with van der Waals surface area (Å²) in [5, 5.41) is 24.8. The normalized spacial score (nSPS) is 27.7. The first kappa shape index (κ1) is 37.3. The maximum Gasteiger partial charge on any atom is 0.251 e. The zero-order valence-corrected chi connectivity index (χ0v) is 32.1. The van der Waals surface area contributed by atoms with Crippen LogP contribution in [0.4, 0.5) is 0 Å². The minimum atomic E-state index is -0.538. The second-order valence-electron chi connectivity index (χ2n) is 14.5. The summed E-state index contributed by atoms with van der Waals surface area (Å²) >= 11 is 3.20. The van der Waals surface area contributed by atoms with Crippen molar-refractivity contribution < 1.29 is 24.3 Å². The lowest BCUT2D eigenvalue weighted by atomic mass is 9.86. The van der Waals surface area contributed by atoms with E-state index in [1.54, 1.807) is 28.0 Å². The van der Waals surface area contributed by atoms with Gasteiger partial charge in [-0.15, -0.1) is 23.1 Å². The number of benzene rings is 1. The van der Waals surface area contributed by atoms with Crippen LogP contribution in [0.15, 0.2) is 69.7 Å². The highest BCUT2D eigenvalue weighted by atomic mass is 32.2. The Balaban J connectivity index is 0.000000164.